The molecule has 0 aliphatic heterocycles. The first-order valence-electron chi connectivity index (χ1n) is 5.62. The van der Waals surface area contributed by atoms with E-state index in [1.54, 1.807) is 29.8 Å². The van der Waals surface area contributed by atoms with E-state index in [0.717, 1.165) is 11.1 Å². The van der Waals surface area contributed by atoms with Crippen molar-refractivity contribution in [2.24, 2.45) is 0 Å². The summed E-state index contributed by atoms with van der Waals surface area (Å²) in [6.07, 6.45) is 1.64. The van der Waals surface area contributed by atoms with Gasteiger partial charge < -0.3 is 5.11 Å². The molecule has 96 valence electrons. The molecule has 0 fully saturated rings. The monoisotopic (exact) mass is 272 g/mol. The number of aromatic nitrogens is 1. The highest BCUT2D eigenvalue weighted by atomic mass is 32.1. The van der Waals surface area contributed by atoms with Crippen molar-refractivity contribution in [3.8, 4) is 11.8 Å². The summed E-state index contributed by atoms with van der Waals surface area (Å²) in [4.78, 5) is 16.0. The van der Waals surface area contributed by atoms with Gasteiger partial charge in [-0.2, -0.15) is 0 Å². The second-order valence-electron chi connectivity index (χ2n) is 3.78. The summed E-state index contributed by atoms with van der Waals surface area (Å²) in [5.41, 5.74) is 2.26. The fourth-order valence-corrected chi connectivity index (χ4v) is 2.06. The Kier molecular flexibility index (Phi) is 4.29. The third-order valence-electron chi connectivity index (χ3n) is 2.44. The van der Waals surface area contributed by atoms with Crippen LogP contribution in [0.2, 0.25) is 0 Å². The second kappa shape index (κ2) is 6.14. The lowest BCUT2D eigenvalue weighted by Gasteiger charge is -2.04. The number of carbonyl (C=O) groups excluding carboxylic acids is 1. The Balaban J connectivity index is 2.17. The molecule has 1 amide bonds. The normalized spacial score (nSPS) is 9.58. The van der Waals surface area contributed by atoms with E-state index in [4.69, 9.17) is 5.11 Å². The molecule has 0 unspecified atom stereocenters. The smallest absolute Gasteiger partial charge is 0.257 e. The summed E-state index contributed by atoms with van der Waals surface area (Å²) in [5, 5.41) is 13.8. The lowest BCUT2D eigenvalue weighted by atomic mass is 10.1. The van der Waals surface area contributed by atoms with Crippen LogP contribution in [-0.4, -0.2) is 22.6 Å². The molecule has 0 bridgehead atoms. The molecule has 0 atom stereocenters. The Hall–Kier alpha value is -2.16. The van der Waals surface area contributed by atoms with Gasteiger partial charge in [0, 0.05) is 22.7 Å². The molecule has 0 radical (unpaired) electrons. The van der Waals surface area contributed by atoms with E-state index in [0.29, 0.717) is 10.7 Å². The van der Waals surface area contributed by atoms with Crippen LogP contribution in [0, 0.1) is 18.8 Å². The first-order chi connectivity index (χ1) is 9.20. The van der Waals surface area contributed by atoms with Gasteiger partial charge in [0.1, 0.15) is 6.61 Å². The van der Waals surface area contributed by atoms with Crippen LogP contribution in [0.25, 0.3) is 0 Å². The summed E-state index contributed by atoms with van der Waals surface area (Å²) in [7, 11) is 0. The highest BCUT2D eigenvalue weighted by Gasteiger charge is 2.08. The molecule has 2 N–H and O–H groups in total. The maximum Gasteiger partial charge on any atom is 0.257 e. The Bertz CT molecular complexity index is 639. The minimum absolute atomic E-state index is 0.175. The molecule has 0 spiro atoms. The highest BCUT2D eigenvalue weighted by Crippen LogP contribution is 2.14. The number of aryl methyl sites for hydroxylation is 1. The molecule has 0 aliphatic rings. The molecule has 1 aromatic carbocycles. The van der Waals surface area contributed by atoms with E-state index in [9.17, 15) is 4.79 Å². The molecule has 1 heterocycles. The molecule has 2 aromatic rings. The van der Waals surface area contributed by atoms with Gasteiger partial charge in [0.2, 0.25) is 0 Å². The number of anilines is 1. The average molecular weight is 272 g/mol. The Morgan fingerprint density at radius 2 is 2.37 bits per heavy atom. The standard InChI is InChI=1S/C14H12N2O2S/c1-10-9-12(5-4-11(10)3-2-7-17)13(18)16-14-15-6-8-19-14/h4-6,8-9,17H,7H2,1H3,(H,15,16,18). The summed E-state index contributed by atoms with van der Waals surface area (Å²) in [6, 6.07) is 5.25. The third-order valence-corrected chi connectivity index (χ3v) is 3.13. The van der Waals surface area contributed by atoms with Crippen LogP contribution < -0.4 is 5.32 Å². The molecular weight excluding hydrogens is 260 g/mol. The minimum atomic E-state index is -0.195. The van der Waals surface area contributed by atoms with Crippen LogP contribution >= 0.6 is 11.3 Å². The number of aliphatic hydroxyl groups excluding tert-OH is 1. The Morgan fingerprint density at radius 3 is 3.00 bits per heavy atom. The number of hydrogen-bond donors (Lipinski definition) is 2. The summed E-state index contributed by atoms with van der Waals surface area (Å²) >= 11 is 1.37. The Morgan fingerprint density at radius 1 is 1.53 bits per heavy atom. The first kappa shape index (κ1) is 13.3. The van der Waals surface area contributed by atoms with E-state index in [1.807, 2.05) is 6.92 Å². The zero-order valence-corrected chi connectivity index (χ0v) is 11.1. The fourth-order valence-electron chi connectivity index (χ4n) is 1.53. The molecule has 19 heavy (non-hydrogen) atoms. The van der Waals surface area contributed by atoms with Crippen LogP contribution in [0.1, 0.15) is 21.5 Å². The molecular formula is C14H12N2O2S. The van der Waals surface area contributed by atoms with E-state index >= 15 is 0 Å². The fraction of sp³-hybridized carbons (Fsp3) is 0.143. The molecule has 2 rings (SSSR count). The quantitative estimate of drug-likeness (QED) is 0.822. The number of aliphatic hydroxyl groups is 1. The summed E-state index contributed by atoms with van der Waals surface area (Å²) in [5.74, 6) is 5.22. The van der Waals surface area contributed by atoms with Gasteiger partial charge in [0.25, 0.3) is 5.91 Å². The van der Waals surface area contributed by atoms with Crippen molar-refractivity contribution in [2.45, 2.75) is 6.92 Å². The van der Waals surface area contributed by atoms with Gasteiger partial charge >= 0.3 is 0 Å². The van der Waals surface area contributed by atoms with Crippen LogP contribution in [0.15, 0.2) is 29.8 Å². The van der Waals surface area contributed by atoms with Gasteiger partial charge in [-0.25, -0.2) is 4.98 Å². The lowest BCUT2D eigenvalue weighted by molar-refractivity contribution is 0.102. The van der Waals surface area contributed by atoms with Crippen molar-refractivity contribution in [2.75, 3.05) is 11.9 Å². The number of hydrogen-bond acceptors (Lipinski definition) is 4. The topological polar surface area (TPSA) is 62.2 Å². The molecule has 0 saturated heterocycles. The first-order valence-corrected chi connectivity index (χ1v) is 6.50. The Labute approximate surface area is 115 Å². The van der Waals surface area contributed by atoms with E-state index in [2.05, 4.69) is 22.1 Å². The number of carbonyl (C=O) groups is 1. The number of benzene rings is 1. The van der Waals surface area contributed by atoms with Gasteiger partial charge in [-0.15, -0.1) is 11.3 Å². The van der Waals surface area contributed by atoms with Crippen LogP contribution in [0.3, 0.4) is 0 Å². The SMILES string of the molecule is Cc1cc(C(=O)Nc2nccs2)ccc1C#CCO. The van der Waals surface area contributed by atoms with Crippen LogP contribution in [-0.2, 0) is 0 Å². The van der Waals surface area contributed by atoms with E-state index in [-0.39, 0.29) is 12.5 Å². The van der Waals surface area contributed by atoms with Gasteiger partial charge in [-0.1, -0.05) is 11.8 Å². The van der Waals surface area contributed by atoms with E-state index in [1.165, 1.54) is 11.3 Å². The zero-order chi connectivity index (χ0) is 13.7. The maximum atomic E-state index is 12.0. The largest absolute Gasteiger partial charge is 0.384 e. The molecule has 1 aromatic heterocycles. The van der Waals surface area contributed by atoms with Crippen molar-refractivity contribution >= 4 is 22.4 Å². The number of nitrogens with one attached hydrogen (secondary N) is 1. The van der Waals surface area contributed by atoms with Crippen molar-refractivity contribution < 1.29 is 9.90 Å². The number of rotatable bonds is 2. The lowest BCUT2D eigenvalue weighted by Crippen LogP contribution is -2.11. The van der Waals surface area contributed by atoms with E-state index < -0.39 is 0 Å². The maximum absolute atomic E-state index is 12.0. The molecule has 0 saturated carbocycles. The number of nitrogens with zero attached hydrogens (tertiary/aromatic N) is 1. The van der Waals surface area contributed by atoms with Crippen molar-refractivity contribution in [1.29, 1.82) is 0 Å². The second-order valence-corrected chi connectivity index (χ2v) is 4.68. The van der Waals surface area contributed by atoms with Crippen molar-refractivity contribution in [1.82, 2.24) is 4.98 Å². The third kappa shape index (κ3) is 3.41. The molecule has 5 heteroatoms. The average Bonchev–Trinajstić information content (AvgIpc) is 2.90. The summed E-state index contributed by atoms with van der Waals surface area (Å²) < 4.78 is 0. The number of amides is 1. The van der Waals surface area contributed by atoms with Gasteiger partial charge in [-0.05, 0) is 30.7 Å². The van der Waals surface area contributed by atoms with Gasteiger partial charge in [0.15, 0.2) is 5.13 Å². The summed E-state index contributed by atoms with van der Waals surface area (Å²) in [6.45, 7) is 1.70. The van der Waals surface area contributed by atoms with Crippen LogP contribution in [0.5, 0.6) is 0 Å². The zero-order valence-electron chi connectivity index (χ0n) is 10.3. The van der Waals surface area contributed by atoms with Crippen molar-refractivity contribution in [3.63, 3.8) is 0 Å². The van der Waals surface area contributed by atoms with Crippen molar-refractivity contribution in [3.05, 3.63) is 46.5 Å². The highest BCUT2D eigenvalue weighted by molar-refractivity contribution is 7.13. The molecule has 4 nitrogen and oxygen atoms in total. The minimum Gasteiger partial charge on any atom is -0.384 e. The number of thiazole rings is 1. The predicted molar refractivity (Wildman–Crippen MR) is 75.2 cm³/mol. The van der Waals surface area contributed by atoms with Gasteiger partial charge in [-0.3, -0.25) is 10.1 Å². The van der Waals surface area contributed by atoms with Crippen LogP contribution in [0.4, 0.5) is 5.13 Å². The predicted octanol–water partition coefficient (Wildman–Crippen LogP) is 2.05. The molecule has 0 aliphatic carbocycles. The van der Waals surface area contributed by atoms with Gasteiger partial charge in [0.05, 0.1) is 0 Å².